The number of carbonyl (C=O) groups is 1. The highest BCUT2D eigenvalue weighted by molar-refractivity contribution is 7.20. The van der Waals surface area contributed by atoms with Gasteiger partial charge in [0.25, 0.3) is 5.91 Å². The second kappa shape index (κ2) is 7.12. The Labute approximate surface area is 146 Å². The summed E-state index contributed by atoms with van der Waals surface area (Å²) in [6.45, 7) is 1.70. The molecule has 0 aliphatic heterocycles. The van der Waals surface area contributed by atoms with Gasteiger partial charge in [0.05, 0.1) is 14.9 Å². The normalized spacial score (nSPS) is 11.9. The van der Waals surface area contributed by atoms with E-state index in [-0.39, 0.29) is 5.91 Å². The van der Waals surface area contributed by atoms with Gasteiger partial charge in [-0.1, -0.05) is 29.8 Å². The van der Waals surface area contributed by atoms with E-state index >= 15 is 0 Å². The van der Waals surface area contributed by atoms with E-state index in [1.54, 1.807) is 6.92 Å². The van der Waals surface area contributed by atoms with Crippen LogP contribution in [0.15, 0.2) is 47.8 Å². The summed E-state index contributed by atoms with van der Waals surface area (Å²) in [6.07, 6.45) is -0.610. The minimum atomic E-state index is -0.610. The predicted molar refractivity (Wildman–Crippen MR) is 95.6 cm³/mol. The van der Waals surface area contributed by atoms with E-state index in [0.29, 0.717) is 15.2 Å². The Bertz CT molecular complexity index is 801. The van der Waals surface area contributed by atoms with Crippen LogP contribution in [0.2, 0.25) is 4.34 Å². The molecule has 118 valence electrons. The van der Waals surface area contributed by atoms with Crippen molar-refractivity contribution in [1.29, 1.82) is 0 Å². The molecule has 0 saturated heterocycles. The molecule has 2 aromatic heterocycles. The third-order valence-corrected chi connectivity index (χ3v) is 5.00. The van der Waals surface area contributed by atoms with Gasteiger partial charge in [0.2, 0.25) is 0 Å². The van der Waals surface area contributed by atoms with Crippen molar-refractivity contribution in [2.24, 2.45) is 0 Å². The number of thiophene rings is 1. The average molecular weight is 365 g/mol. The van der Waals surface area contributed by atoms with Crippen LogP contribution in [0.3, 0.4) is 0 Å². The topological polar surface area (TPSA) is 51.2 Å². The molecule has 1 N–H and O–H groups in total. The maximum Gasteiger partial charge on any atom is 0.266 e. The quantitative estimate of drug-likeness (QED) is 0.698. The molecule has 0 radical (unpaired) electrons. The lowest BCUT2D eigenvalue weighted by Gasteiger charge is -2.13. The van der Waals surface area contributed by atoms with Gasteiger partial charge < -0.3 is 4.74 Å². The summed E-state index contributed by atoms with van der Waals surface area (Å²) in [5, 5.41) is 5.20. The Morgan fingerprint density at radius 2 is 2.04 bits per heavy atom. The van der Waals surface area contributed by atoms with Crippen molar-refractivity contribution in [2.75, 3.05) is 5.32 Å². The third-order valence-electron chi connectivity index (χ3n) is 2.99. The van der Waals surface area contributed by atoms with Crippen LogP contribution in [0, 0.1) is 0 Å². The van der Waals surface area contributed by atoms with Crippen molar-refractivity contribution in [2.45, 2.75) is 13.0 Å². The van der Waals surface area contributed by atoms with Crippen LogP contribution in [0.4, 0.5) is 5.13 Å². The van der Waals surface area contributed by atoms with Gasteiger partial charge in [-0.25, -0.2) is 4.98 Å². The molecule has 0 fully saturated rings. The Morgan fingerprint density at radius 1 is 1.26 bits per heavy atom. The second-order valence-corrected chi connectivity index (χ2v) is 7.28. The van der Waals surface area contributed by atoms with Crippen LogP contribution in [0.5, 0.6) is 5.75 Å². The summed E-state index contributed by atoms with van der Waals surface area (Å²) in [5.41, 5.74) is 0.804. The lowest BCUT2D eigenvalue weighted by atomic mass is 10.3. The first-order chi connectivity index (χ1) is 11.1. The molecule has 7 heteroatoms. The number of para-hydroxylation sites is 1. The van der Waals surface area contributed by atoms with Gasteiger partial charge in [-0.15, -0.1) is 22.7 Å². The molecule has 1 amide bonds. The Morgan fingerprint density at radius 3 is 2.74 bits per heavy atom. The zero-order valence-electron chi connectivity index (χ0n) is 12.2. The molecule has 0 saturated carbocycles. The highest BCUT2D eigenvalue weighted by atomic mass is 35.5. The molecule has 23 heavy (non-hydrogen) atoms. The predicted octanol–water partition coefficient (Wildman–Crippen LogP) is 4.93. The second-order valence-electron chi connectivity index (χ2n) is 4.70. The van der Waals surface area contributed by atoms with Crippen LogP contribution in [0.1, 0.15) is 6.92 Å². The summed E-state index contributed by atoms with van der Waals surface area (Å²) >= 11 is 8.75. The average Bonchev–Trinajstić information content (AvgIpc) is 3.17. The van der Waals surface area contributed by atoms with Crippen LogP contribution in [-0.2, 0) is 4.79 Å². The van der Waals surface area contributed by atoms with Crippen molar-refractivity contribution in [1.82, 2.24) is 4.98 Å². The minimum Gasteiger partial charge on any atom is -0.481 e. The monoisotopic (exact) mass is 364 g/mol. The Kier molecular flexibility index (Phi) is 4.95. The molecule has 2 heterocycles. The number of ether oxygens (including phenoxy) is 1. The van der Waals surface area contributed by atoms with Gasteiger partial charge in [0.1, 0.15) is 5.75 Å². The van der Waals surface area contributed by atoms with Crippen molar-refractivity contribution < 1.29 is 9.53 Å². The van der Waals surface area contributed by atoms with Crippen LogP contribution >= 0.6 is 34.3 Å². The number of nitrogens with zero attached hydrogens (tertiary/aromatic N) is 1. The van der Waals surface area contributed by atoms with Crippen molar-refractivity contribution in [3.05, 3.63) is 52.2 Å². The molecule has 0 unspecified atom stereocenters. The SMILES string of the molecule is C[C@@H](Oc1ccccc1)C(=O)Nc1nc(-c2ccc(Cl)s2)cs1. The zero-order valence-corrected chi connectivity index (χ0v) is 14.5. The molecule has 0 bridgehead atoms. The number of benzene rings is 1. The third kappa shape index (κ3) is 4.10. The fourth-order valence-corrected chi connectivity index (χ4v) is 3.65. The summed E-state index contributed by atoms with van der Waals surface area (Å²) in [6, 6.07) is 13.0. The molecule has 1 aromatic carbocycles. The van der Waals surface area contributed by atoms with E-state index < -0.39 is 6.10 Å². The molecule has 0 spiro atoms. The van der Waals surface area contributed by atoms with Gasteiger partial charge in [0.15, 0.2) is 11.2 Å². The van der Waals surface area contributed by atoms with Gasteiger partial charge in [0, 0.05) is 5.38 Å². The molecule has 0 aliphatic carbocycles. The number of carbonyl (C=O) groups excluding carboxylic acids is 1. The highest BCUT2D eigenvalue weighted by Crippen LogP contribution is 2.32. The van der Waals surface area contributed by atoms with E-state index in [4.69, 9.17) is 16.3 Å². The summed E-state index contributed by atoms with van der Waals surface area (Å²) in [7, 11) is 0. The number of amides is 1. The maximum absolute atomic E-state index is 12.2. The van der Waals surface area contributed by atoms with E-state index in [1.807, 2.05) is 47.8 Å². The van der Waals surface area contributed by atoms with Gasteiger partial charge in [-0.3, -0.25) is 10.1 Å². The standard InChI is InChI=1S/C16H13ClN2O2S2/c1-10(21-11-5-3-2-4-6-11)15(20)19-16-18-12(9-22-16)13-7-8-14(17)23-13/h2-10H,1H3,(H,18,19,20)/t10-/m1/s1. The first-order valence-corrected chi connectivity index (χ1v) is 8.93. The number of halogens is 1. The van der Waals surface area contributed by atoms with Crippen LogP contribution in [0.25, 0.3) is 10.6 Å². The van der Waals surface area contributed by atoms with Crippen LogP contribution < -0.4 is 10.1 Å². The first-order valence-electron chi connectivity index (χ1n) is 6.85. The zero-order chi connectivity index (χ0) is 16.2. The van der Waals surface area contributed by atoms with E-state index in [0.717, 1.165) is 10.6 Å². The summed E-state index contributed by atoms with van der Waals surface area (Å²) in [5.74, 6) is 0.419. The number of aromatic nitrogens is 1. The van der Waals surface area contributed by atoms with Crippen LogP contribution in [-0.4, -0.2) is 17.0 Å². The molecule has 4 nitrogen and oxygen atoms in total. The maximum atomic E-state index is 12.2. The van der Waals surface area contributed by atoms with Crippen molar-refractivity contribution in [3.63, 3.8) is 0 Å². The Hall–Kier alpha value is -1.89. The van der Waals surface area contributed by atoms with Crippen molar-refractivity contribution in [3.8, 4) is 16.3 Å². The molecular formula is C16H13ClN2O2S2. The lowest BCUT2D eigenvalue weighted by molar-refractivity contribution is -0.122. The lowest BCUT2D eigenvalue weighted by Crippen LogP contribution is -2.30. The fraction of sp³-hybridized carbons (Fsp3) is 0.125. The fourth-order valence-electron chi connectivity index (χ4n) is 1.86. The summed E-state index contributed by atoms with van der Waals surface area (Å²) < 4.78 is 6.30. The number of rotatable bonds is 5. The molecule has 3 aromatic rings. The van der Waals surface area contributed by atoms with Crippen molar-refractivity contribution >= 4 is 45.3 Å². The van der Waals surface area contributed by atoms with E-state index in [9.17, 15) is 4.79 Å². The number of hydrogen-bond donors (Lipinski definition) is 1. The largest absolute Gasteiger partial charge is 0.481 e. The number of nitrogens with one attached hydrogen (secondary N) is 1. The van der Waals surface area contributed by atoms with Gasteiger partial charge >= 0.3 is 0 Å². The molecule has 0 aliphatic rings. The Balaban J connectivity index is 1.63. The smallest absolute Gasteiger partial charge is 0.266 e. The number of hydrogen-bond acceptors (Lipinski definition) is 5. The van der Waals surface area contributed by atoms with E-state index in [1.165, 1.54) is 22.7 Å². The highest BCUT2D eigenvalue weighted by Gasteiger charge is 2.17. The number of thiazole rings is 1. The van der Waals surface area contributed by atoms with Gasteiger partial charge in [-0.2, -0.15) is 0 Å². The minimum absolute atomic E-state index is 0.237. The number of anilines is 1. The summed E-state index contributed by atoms with van der Waals surface area (Å²) in [4.78, 5) is 17.6. The van der Waals surface area contributed by atoms with Gasteiger partial charge in [-0.05, 0) is 31.2 Å². The first kappa shape index (κ1) is 16.0. The van der Waals surface area contributed by atoms with E-state index in [2.05, 4.69) is 10.3 Å². The molecule has 3 rings (SSSR count). The molecule has 1 atom stereocenters. The molecular weight excluding hydrogens is 352 g/mol.